The van der Waals surface area contributed by atoms with Crippen molar-refractivity contribution < 1.29 is 13.6 Å². The van der Waals surface area contributed by atoms with Gasteiger partial charge in [-0.1, -0.05) is 35.4 Å². The van der Waals surface area contributed by atoms with E-state index in [0.717, 1.165) is 31.5 Å². The minimum Gasteiger partial charge on any atom is -0.405 e. The number of nitrogens with one attached hydrogen (secondary N) is 1. The largest absolute Gasteiger partial charge is 0.405 e. The van der Waals surface area contributed by atoms with Crippen LogP contribution in [0, 0.1) is 5.82 Å². The van der Waals surface area contributed by atoms with E-state index in [1.54, 1.807) is 0 Å². The highest BCUT2D eigenvalue weighted by atomic mass is 19.1. The van der Waals surface area contributed by atoms with E-state index in [0.29, 0.717) is 17.5 Å². The molecule has 1 amide bonds. The summed E-state index contributed by atoms with van der Waals surface area (Å²) in [4.78, 5) is 14.8. The zero-order chi connectivity index (χ0) is 19.3. The van der Waals surface area contributed by atoms with Gasteiger partial charge in [0.05, 0.1) is 0 Å². The van der Waals surface area contributed by atoms with Crippen molar-refractivity contribution in [1.82, 2.24) is 15.5 Å². The van der Waals surface area contributed by atoms with Crippen molar-refractivity contribution in [1.29, 1.82) is 0 Å². The summed E-state index contributed by atoms with van der Waals surface area (Å²) in [5.74, 6) is -0.409. The van der Waals surface area contributed by atoms with E-state index in [2.05, 4.69) is 20.4 Å². The van der Waals surface area contributed by atoms with Gasteiger partial charge in [-0.05, 0) is 49.1 Å². The van der Waals surface area contributed by atoms with Crippen molar-refractivity contribution in [2.75, 3.05) is 18.0 Å². The number of hydrogen-bond donors (Lipinski definition) is 1. The first-order chi connectivity index (χ1) is 13.7. The van der Waals surface area contributed by atoms with E-state index < -0.39 is 6.04 Å². The fraction of sp³-hybridized carbons (Fsp3) is 0.286. The zero-order valence-electron chi connectivity index (χ0n) is 15.3. The first-order valence-corrected chi connectivity index (χ1v) is 9.40. The van der Waals surface area contributed by atoms with Crippen LogP contribution >= 0.6 is 0 Å². The second-order valence-corrected chi connectivity index (χ2v) is 6.79. The molecular weight excluding hydrogens is 359 g/mol. The number of anilines is 1. The Kier molecular flexibility index (Phi) is 5.32. The molecule has 0 bridgehead atoms. The molecule has 0 unspecified atom stereocenters. The molecule has 0 aliphatic carbocycles. The number of rotatable bonds is 5. The Morgan fingerprint density at radius 2 is 1.71 bits per heavy atom. The minimum absolute atomic E-state index is 0.322. The van der Waals surface area contributed by atoms with E-state index in [4.69, 9.17) is 4.42 Å². The Labute approximate surface area is 162 Å². The van der Waals surface area contributed by atoms with E-state index in [9.17, 15) is 9.18 Å². The molecule has 7 heteroatoms. The van der Waals surface area contributed by atoms with Crippen LogP contribution in [0.5, 0.6) is 0 Å². The van der Waals surface area contributed by atoms with Crippen molar-refractivity contribution in [2.45, 2.75) is 25.3 Å². The number of carbonyl (C=O) groups is 1. The van der Waals surface area contributed by atoms with Crippen LogP contribution < -0.4 is 10.2 Å². The highest BCUT2D eigenvalue weighted by Crippen LogP contribution is 2.25. The molecule has 28 heavy (non-hydrogen) atoms. The van der Waals surface area contributed by atoms with Gasteiger partial charge in [0.15, 0.2) is 0 Å². The maximum atomic E-state index is 13.2. The molecule has 2 aromatic carbocycles. The Hall–Kier alpha value is -3.22. The van der Waals surface area contributed by atoms with Gasteiger partial charge in [0.25, 0.3) is 5.91 Å². The fourth-order valence-electron chi connectivity index (χ4n) is 3.30. The smallest absolute Gasteiger partial charge is 0.318 e. The molecule has 4 rings (SSSR count). The van der Waals surface area contributed by atoms with E-state index in [-0.39, 0.29) is 11.7 Å². The molecule has 6 nitrogen and oxygen atoms in total. The first kappa shape index (κ1) is 18.2. The van der Waals surface area contributed by atoms with Crippen molar-refractivity contribution >= 4 is 11.9 Å². The van der Waals surface area contributed by atoms with Crippen LogP contribution in [0.25, 0.3) is 0 Å². The topological polar surface area (TPSA) is 71.3 Å². The lowest BCUT2D eigenvalue weighted by Gasteiger charge is -2.24. The van der Waals surface area contributed by atoms with E-state index >= 15 is 0 Å². The lowest BCUT2D eigenvalue weighted by atomic mass is 10.1. The number of halogens is 1. The van der Waals surface area contributed by atoms with Crippen LogP contribution in [0.15, 0.2) is 59.0 Å². The van der Waals surface area contributed by atoms with Crippen molar-refractivity contribution in [3.05, 3.63) is 77.4 Å². The second kappa shape index (κ2) is 8.21. The fourth-order valence-corrected chi connectivity index (χ4v) is 3.30. The average molecular weight is 380 g/mol. The third kappa shape index (κ3) is 4.03. The molecule has 0 spiro atoms. The Bertz CT molecular complexity index is 921. The van der Waals surface area contributed by atoms with Gasteiger partial charge in [-0.15, -0.1) is 5.10 Å². The molecule has 1 atom stereocenters. The number of carbonyl (C=O) groups excluding carboxylic acids is 1. The quantitative estimate of drug-likeness (QED) is 0.730. The Balaban J connectivity index is 1.60. The van der Waals surface area contributed by atoms with Crippen molar-refractivity contribution in [3.8, 4) is 0 Å². The molecule has 1 aromatic heterocycles. The molecule has 0 saturated carbocycles. The van der Waals surface area contributed by atoms with Crippen LogP contribution in [-0.4, -0.2) is 29.2 Å². The lowest BCUT2D eigenvalue weighted by Crippen LogP contribution is -2.30. The molecule has 1 aliphatic heterocycles. The third-order valence-electron chi connectivity index (χ3n) is 4.82. The summed E-state index contributed by atoms with van der Waals surface area (Å²) < 4.78 is 19.1. The van der Waals surface area contributed by atoms with Gasteiger partial charge < -0.3 is 14.6 Å². The Morgan fingerprint density at radius 1 is 1.00 bits per heavy atom. The molecule has 1 fully saturated rings. The number of amides is 1. The van der Waals surface area contributed by atoms with E-state index in [1.807, 2.05) is 30.3 Å². The Morgan fingerprint density at radius 3 is 2.43 bits per heavy atom. The van der Waals surface area contributed by atoms with Crippen LogP contribution in [-0.2, 0) is 0 Å². The molecule has 1 aliphatic rings. The monoisotopic (exact) mass is 380 g/mol. The SMILES string of the molecule is O=C(N[C@H](c1ccccc1)c1nnc(N2CCCCC2)o1)c1ccc(F)cc1. The van der Waals surface area contributed by atoms with Gasteiger partial charge >= 0.3 is 6.01 Å². The molecule has 1 N–H and O–H groups in total. The molecule has 144 valence electrons. The highest BCUT2D eigenvalue weighted by Gasteiger charge is 2.25. The highest BCUT2D eigenvalue weighted by molar-refractivity contribution is 5.94. The van der Waals surface area contributed by atoms with Gasteiger partial charge in [-0.3, -0.25) is 4.79 Å². The van der Waals surface area contributed by atoms with Gasteiger partial charge in [0.1, 0.15) is 11.9 Å². The van der Waals surface area contributed by atoms with Gasteiger partial charge in [0, 0.05) is 18.7 Å². The lowest BCUT2D eigenvalue weighted by molar-refractivity contribution is 0.0938. The summed E-state index contributed by atoms with van der Waals surface area (Å²) in [6.07, 6.45) is 3.40. The van der Waals surface area contributed by atoms with Gasteiger partial charge in [-0.2, -0.15) is 0 Å². The second-order valence-electron chi connectivity index (χ2n) is 6.79. The van der Waals surface area contributed by atoms with Crippen LogP contribution in [0.2, 0.25) is 0 Å². The summed E-state index contributed by atoms with van der Waals surface area (Å²) in [6.45, 7) is 1.78. The molecule has 0 radical (unpaired) electrons. The number of aromatic nitrogens is 2. The summed E-state index contributed by atoms with van der Waals surface area (Å²) in [5.41, 5.74) is 1.19. The maximum Gasteiger partial charge on any atom is 0.318 e. The number of piperidine rings is 1. The summed E-state index contributed by atoms with van der Waals surface area (Å²) in [5, 5.41) is 11.3. The van der Waals surface area contributed by atoms with Crippen LogP contribution in [0.3, 0.4) is 0 Å². The zero-order valence-corrected chi connectivity index (χ0v) is 15.3. The molecule has 3 aromatic rings. The normalized spacial score (nSPS) is 15.2. The van der Waals surface area contributed by atoms with Gasteiger partial charge in [0.2, 0.25) is 5.89 Å². The summed E-state index contributed by atoms with van der Waals surface area (Å²) in [6, 6.07) is 14.7. The summed E-state index contributed by atoms with van der Waals surface area (Å²) in [7, 11) is 0. The predicted octanol–water partition coefficient (Wildman–Crippen LogP) is 3.72. The number of benzene rings is 2. The number of nitrogens with zero attached hydrogens (tertiary/aromatic N) is 3. The number of hydrogen-bond acceptors (Lipinski definition) is 5. The first-order valence-electron chi connectivity index (χ1n) is 9.40. The van der Waals surface area contributed by atoms with Crippen molar-refractivity contribution in [2.24, 2.45) is 0 Å². The third-order valence-corrected chi connectivity index (χ3v) is 4.82. The molecular formula is C21H21FN4O2. The molecule has 1 saturated heterocycles. The maximum absolute atomic E-state index is 13.2. The van der Waals surface area contributed by atoms with Gasteiger partial charge in [-0.25, -0.2) is 4.39 Å². The van der Waals surface area contributed by atoms with Crippen LogP contribution in [0.1, 0.15) is 47.1 Å². The average Bonchev–Trinajstić information content (AvgIpc) is 3.23. The summed E-state index contributed by atoms with van der Waals surface area (Å²) >= 11 is 0. The minimum atomic E-state index is -0.593. The van der Waals surface area contributed by atoms with Crippen molar-refractivity contribution in [3.63, 3.8) is 0 Å². The predicted molar refractivity (Wildman–Crippen MR) is 103 cm³/mol. The van der Waals surface area contributed by atoms with Crippen LogP contribution in [0.4, 0.5) is 10.4 Å². The van der Waals surface area contributed by atoms with E-state index in [1.165, 1.54) is 30.7 Å². The molecule has 2 heterocycles. The standard InChI is InChI=1S/C21H21FN4O2/c22-17-11-9-16(10-12-17)19(27)23-18(15-7-3-1-4-8-15)20-24-25-21(28-20)26-13-5-2-6-14-26/h1,3-4,7-12,18H,2,5-6,13-14H2,(H,23,27)/t18-/m1/s1.